The molecular formula is C15H13NO3. The van der Waals surface area contributed by atoms with Crippen LogP contribution in [0.15, 0.2) is 42.5 Å². The van der Waals surface area contributed by atoms with Crippen LogP contribution in [0.5, 0.6) is 11.5 Å². The Morgan fingerprint density at radius 3 is 2.89 bits per heavy atom. The topological polar surface area (TPSA) is 47.6 Å². The van der Waals surface area contributed by atoms with Crippen LogP contribution in [-0.4, -0.2) is 13.1 Å². The number of hydrogen-bond acceptors (Lipinski definition) is 4. The highest BCUT2D eigenvalue weighted by atomic mass is 16.5. The van der Waals surface area contributed by atoms with E-state index in [2.05, 4.69) is 5.32 Å². The second-order valence-corrected chi connectivity index (χ2v) is 4.24. The zero-order valence-electron chi connectivity index (χ0n) is 10.5. The molecule has 19 heavy (non-hydrogen) atoms. The van der Waals surface area contributed by atoms with Gasteiger partial charge in [0.1, 0.15) is 11.3 Å². The van der Waals surface area contributed by atoms with Gasteiger partial charge in [-0.05, 0) is 18.2 Å². The van der Waals surface area contributed by atoms with E-state index in [0.717, 1.165) is 17.0 Å². The number of carbonyl (C=O) groups is 1. The summed E-state index contributed by atoms with van der Waals surface area (Å²) >= 11 is 0. The molecule has 0 radical (unpaired) electrons. The van der Waals surface area contributed by atoms with Gasteiger partial charge in [0.2, 0.25) is 0 Å². The van der Waals surface area contributed by atoms with Crippen molar-refractivity contribution in [1.82, 2.24) is 0 Å². The highest BCUT2D eigenvalue weighted by Crippen LogP contribution is 2.38. The van der Waals surface area contributed by atoms with E-state index in [4.69, 9.17) is 9.47 Å². The van der Waals surface area contributed by atoms with Gasteiger partial charge in [-0.2, -0.15) is 0 Å². The molecule has 0 aromatic heterocycles. The first-order chi connectivity index (χ1) is 9.29. The molecule has 0 aliphatic carbocycles. The van der Waals surface area contributed by atoms with Crippen LogP contribution >= 0.6 is 0 Å². The molecule has 4 heteroatoms. The van der Waals surface area contributed by atoms with E-state index < -0.39 is 5.97 Å². The van der Waals surface area contributed by atoms with Crippen LogP contribution in [0.1, 0.15) is 15.9 Å². The van der Waals surface area contributed by atoms with E-state index in [-0.39, 0.29) is 0 Å². The molecule has 0 spiro atoms. The number of benzene rings is 2. The Bertz CT molecular complexity index is 637. The first-order valence-electron chi connectivity index (χ1n) is 6.00. The van der Waals surface area contributed by atoms with Gasteiger partial charge >= 0.3 is 5.97 Å². The zero-order valence-corrected chi connectivity index (χ0v) is 10.5. The molecule has 0 saturated carbocycles. The number of methoxy groups -OCH3 is 1. The molecular weight excluding hydrogens is 242 g/mol. The Morgan fingerprint density at radius 1 is 1.21 bits per heavy atom. The van der Waals surface area contributed by atoms with Crippen LogP contribution in [0, 0.1) is 0 Å². The van der Waals surface area contributed by atoms with Crippen LogP contribution in [0.2, 0.25) is 0 Å². The molecule has 0 amide bonds. The summed E-state index contributed by atoms with van der Waals surface area (Å²) in [6, 6.07) is 13.1. The highest BCUT2D eigenvalue weighted by Gasteiger charge is 2.21. The van der Waals surface area contributed by atoms with E-state index in [1.165, 1.54) is 7.11 Å². The minimum absolute atomic E-state index is 0.405. The summed E-state index contributed by atoms with van der Waals surface area (Å²) in [6.45, 7) is 0.661. The van der Waals surface area contributed by atoms with Crippen molar-refractivity contribution in [3.05, 3.63) is 53.6 Å². The quantitative estimate of drug-likeness (QED) is 0.795. The Morgan fingerprint density at radius 2 is 2.05 bits per heavy atom. The lowest BCUT2D eigenvalue weighted by atomic mass is 10.1. The predicted molar refractivity (Wildman–Crippen MR) is 71.6 cm³/mol. The SMILES string of the molecule is COC(=O)c1cccc2c1Oc1ccccc1CN2. The highest BCUT2D eigenvalue weighted by molar-refractivity contribution is 5.95. The first kappa shape index (κ1) is 11.6. The fraction of sp³-hybridized carbons (Fsp3) is 0.133. The molecule has 0 atom stereocenters. The van der Waals surface area contributed by atoms with Gasteiger partial charge in [0.15, 0.2) is 5.75 Å². The number of hydrogen-bond donors (Lipinski definition) is 1. The molecule has 2 aromatic carbocycles. The molecule has 2 aromatic rings. The molecule has 1 aliphatic rings. The molecule has 1 heterocycles. The standard InChI is InChI=1S/C15H13NO3/c1-18-15(17)11-6-4-7-12-14(11)19-13-8-3-2-5-10(13)9-16-12/h2-8,16H,9H2,1H3. The molecule has 96 valence electrons. The molecule has 0 fully saturated rings. The smallest absolute Gasteiger partial charge is 0.341 e. The van der Waals surface area contributed by atoms with Crippen molar-refractivity contribution in [3.63, 3.8) is 0 Å². The average Bonchev–Trinajstić information content (AvgIpc) is 2.65. The van der Waals surface area contributed by atoms with Gasteiger partial charge in [-0.3, -0.25) is 0 Å². The van der Waals surface area contributed by atoms with Crippen molar-refractivity contribution in [1.29, 1.82) is 0 Å². The van der Waals surface area contributed by atoms with Gasteiger partial charge in [0.25, 0.3) is 0 Å². The van der Waals surface area contributed by atoms with Crippen molar-refractivity contribution < 1.29 is 14.3 Å². The van der Waals surface area contributed by atoms with Crippen molar-refractivity contribution in [2.24, 2.45) is 0 Å². The number of anilines is 1. The van der Waals surface area contributed by atoms with E-state index in [1.807, 2.05) is 30.3 Å². The van der Waals surface area contributed by atoms with Crippen molar-refractivity contribution in [2.45, 2.75) is 6.54 Å². The van der Waals surface area contributed by atoms with E-state index >= 15 is 0 Å². The normalized spacial score (nSPS) is 12.3. The van der Waals surface area contributed by atoms with Gasteiger partial charge in [-0.25, -0.2) is 4.79 Å². The van der Waals surface area contributed by atoms with Gasteiger partial charge < -0.3 is 14.8 Å². The van der Waals surface area contributed by atoms with Crippen molar-refractivity contribution in [2.75, 3.05) is 12.4 Å². The summed E-state index contributed by atoms with van der Waals surface area (Å²) in [5, 5.41) is 3.27. The largest absolute Gasteiger partial charge is 0.465 e. The maximum absolute atomic E-state index is 11.8. The average molecular weight is 255 g/mol. The number of ether oxygens (including phenoxy) is 2. The fourth-order valence-corrected chi connectivity index (χ4v) is 2.11. The van der Waals surface area contributed by atoms with Gasteiger partial charge in [-0.15, -0.1) is 0 Å². The second kappa shape index (κ2) is 4.65. The maximum Gasteiger partial charge on any atom is 0.341 e. The van der Waals surface area contributed by atoms with Crippen LogP contribution in [0.25, 0.3) is 0 Å². The lowest BCUT2D eigenvalue weighted by Crippen LogP contribution is -2.04. The number of rotatable bonds is 1. The van der Waals surface area contributed by atoms with Crippen molar-refractivity contribution in [3.8, 4) is 11.5 Å². The Labute approximate surface area is 111 Å². The van der Waals surface area contributed by atoms with Crippen LogP contribution in [0.4, 0.5) is 5.69 Å². The second-order valence-electron chi connectivity index (χ2n) is 4.24. The van der Waals surface area contributed by atoms with Crippen LogP contribution in [0.3, 0.4) is 0 Å². The summed E-state index contributed by atoms with van der Waals surface area (Å²) in [6.07, 6.45) is 0. The summed E-state index contributed by atoms with van der Waals surface area (Å²) in [5.74, 6) is 0.863. The first-order valence-corrected chi connectivity index (χ1v) is 6.00. The summed E-state index contributed by atoms with van der Waals surface area (Å²) in [7, 11) is 1.36. The minimum atomic E-state index is -0.405. The number of esters is 1. The summed E-state index contributed by atoms with van der Waals surface area (Å²) < 4.78 is 10.7. The van der Waals surface area contributed by atoms with Gasteiger partial charge in [0, 0.05) is 12.1 Å². The van der Waals surface area contributed by atoms with E-state index in [0.29, 0.717) is 17.9 Å². The number of nitrogens with one attached hydrogen (secondary N) is 1. The lowest BCUT2D eigenvalue weighted by Gasteiger charge is -2.11. The Balaban J connectivity index is 2.12. The summed E-state index contributed by atoms with van der Waals surface area (Å²) in [4.78, 5) is 11.8. The fourth-order valence-electron chi connectivity index (χ4n) is 2.11. The molecule has 1 aliphatic heterocycles. The number of fused-ring (bicyclic) bond motifs is 2. The minimum Gasteiger partial charge on any atom is -0.465 e. The van der Waals surface area contributed by atoms with E-state index in [9.17, 15) is 4.79 Å². The van der Waals surface area contributed by atoms with Gasteiger partial charge in [-0.1, -0.05) is 24.3 Å². The molecule has 0 bridgehead atoms. The Hall–Kier alpha value is -2.49. The van der Waals surface area contributed by atoms with Crippen molar-refractivity contribution >= 4 is 11.7 Å². The number of para-hydroxylation sites is 2. The van der Waals surface area contributed by atoms with Crippen LogP contribution < -0.4 is 10.1 Å². The van der Waals surface area contributed by atoms with Crippen LogP contribution in [-0.2, 0) is 11.3 Å². The molecule has 0 unspecified atom stereocenters. The molecule has 1 N–H and O–H groups in total. The monoisotopic (exact) mass is 255 g/mol. The summed E-state index contributed by atoms with van der Waals surface area (Å²) in [5.41, 5.74) is 2.26. The molecule has 4 nitrogen and oxygen atoms in total. The number of carbonyl (C=O) groups excluding carboxylic acids is 1. The van der Waals surface area contributed by atoms with E-state index in [1.54, 1.807) is 12.1 Å². The zero-order chi connectivity index (χ0) is 13.2. The predicted octanol–water partition coefficient (Wildman–Crippen LogP) is 3.19. The third-order valence-corrected chi connectivity index (χ3v) is 3.07. The third kappa shape index (κ3) is 2.01. The maximum atomic E-state index is 11.8. The van der Waals surface area contributed by atoms with Gasteiger partial charge in [0.05, 0.1) is 12.8 Å². The molecule has 0 saturated heterocycles. The molecule has 3 rings (SSSR count). The Kier molecular flexibility index (Phi) is 2.83. The third-order valence-electron chi connectivity index (χ3n) is 3.07. The lowest BCUT2D eigenvalue weighted by molar-refractivity contribution is 0.0598.